The lowest BCUT2D eigenvalue weighted by atomic mass is 10.1. The number of nitrogens with two attached hydrogens (primary N) is 1. The Labute approximate surface area is 158 Å². The number of rotatable bonds is 8. The van der Waals surface area contributed by atoms with E-state index < -0.39 is 11.9 Å². The summed E-state index contributed by atoms with van der Waals surface area (Å²) in [6.45, 7) is 5.41. The molecule has 0 aliphatic rings. The van der Waals surface area contributed by atoms with Crippen molar-refractivity contribution >= 4 is 23.2 Å². The van der Waals surface area contributed by atoms with E-state index >= 15 is 0 Å². The second-order valence-electron chi connectivity index (χ2n) is 6.29. The normalized spacial score (nSPS) is 11.4. The molecule has 0 aliphatic heterocycles. The van der Waals surface area contributed by atoms with Gasteiger partial charge in [0.15, 0.2) is 18.1 Å². The molecule has 0 fully saturated rings. The van der Waals surface area contributed by atoms with Crippen molar-refractivity contribution in [3.63, 3.8) is 0 Å². The maximum absolute atomic E-state index is 12.5. The summed E-state index contributed by atoms with van der Waals surface area (Å²) in [4.78, 5) is 23.4. The minimum absolute atomic E-state index is 0.167. The molecule has 0 saturated heterocycles. The first kappa shape index (κ1) is 20.1. The van der Waals surface area contributed by atoms with Crippen molar-refractivity contribution in [1.82, 2.24) is 0 Å². The number of benzene rings is 2. The summed E-state index contributed by atoms with van der Waals surface area (Å²) in [6, 6.07) is 10.5. The minimum Gasteiger partial charge on any atom is -0.493 e. The molecule has 0 spiro atoms. The van der Waals surface area contributed by atoms with Gasteiger partial charge in [-0.3, -0.25) is 9.59 Å². The SMILES string of the molecule is COc1ccc(NC(C)C(=O)Nc2cc(C)ccc2C)cc1OCC(N)=O. The molecule has 144 valence electrons. The fourth-order valence-corrected chi connectivity index (χ4v) is 2.46. The fourth-order valence-electron chi connectivity index (χ4n) is 2.46. The number of ether oxygens (including phenoxy) is 2. The molecule has 4 N–H and O–H groups in total. The number of hydrogen-bond donors (Lipinski definition) is 3. The minimum atomic E-state index is -0.586. The first-order valence-electron chi connectivity index (χ1n) is 8.54. The van der Waals surface area contributed by atoms with Gasteiger partial charge in [-0.2, -0.15) is 0 Å². The Hall–Kier alpha value is -3.22. The maximum atomic E-state index is 12.5. The molecule has 2 amide bonds. The van der Waals surface area contributed by atoms with E-state index in [0.29, 0.717) is 17.2 Å². The van der Waals surface area contributed by atoms with Gasteiger partial charge in [-0.15, -0.1) is 0 Å². The number of amides is 2. The van der Waals surface area contributed by atoms with Crippen molar-refractivity contribution in [2.45, 2.75) is 26.8 Å². The quantitative estimate of drug-likeness (QED) is 0.662. The molecule has 0 radical (unpaired) electrons. The molecule has 0 bridgehead atoms. The van der Waals surface area contributed by atoms with E-state index in [1.807, 2.05) is 32.0 Å². The van der Waals surface area contributed by atoms with E-state index in [1.54, 1.807) is 25.1 Å². The van der Waals surface area contributed by atoms with Crippen LogP contribution in [0.3, 0.4) is 0 Å². The summed E-state index contributed by atoms with van der Waals surface area (Å²) in [5.41, 5.74) is 8.62. The first-order valence-corrected chi connectivity index (χ1v) is 8.54. The molecule has 7 nitrogen and oxygen atoms in total. The van der Waals surface area contributed by atoms with Crippen molar-refractivity contribution in [3.8, 4) is 11.5 Å². The first-order chi connectivity index (χ1) is 12.8. The summed E-state index contributed by atoms with van der Waals surface area (Å²) in [7, 11) is 1.50. The fraction of sp³-hybridized carbons (Fsp3) is 0.300. The second kappa shape index (κ2) is 8.93. The van der Waals surface area contributed by atoms with Gasteiger partial charge in [0.25, 0.3) is 5.91 Å². The average molecular weight is 371 g/mol. The van der Waals surface area contributed by atoms with Gasteiger partial charge in [0.05, 0.1) is 7.11 Å². The van der Waals surface area contributed by atoms with Crippen LogP contribution in [-0.4, -0.2) is 31.6 Å². The summed E-state index contributed by atoms with van der Waals surface area (Å²) in [5.74, 6) is 0.0773. The topological polar surface area (TPSA) is 103 Å². The van der Waals surface area contributed by atoms with Crippen molar-refractivity contribution in [2.24, 2.45) is 5.73 Å². The van der Waals surface area contributed by atoms with Crippen molar-refractivity contribution in [2.75, 3.05) is 24.4 Å². The number of nitrogens with one attached hydrogen (secondary N) is 2. The molecular formula is C20H25N3O4. The number of anilines is 2. The Morgan fingerprint density at radius 1 is 1.11 bits per heavy atom. The van der Waals surface area contributed by atoms with E-state index in [1.165, 1.54) is 7.11 Å². The lowest BCUT2D eigenvalue weighted by Gasteiger charge is -2.18. The molecule has 0 heterocycles. The molecule has 2 aromatic rings. The molecule has 0 aliphatic carbocycles. The van der Waals surface area contributed by atoms with Crippen LogP contribution in [-0.2, 0) is 9.59 Å². The van der Waals surface area contributed by atoms with Crippen molar-refractivity contribution < 1.29 is 19.1 Å². The van der Waals surface area contributed by atoms with Gasteiger partial charge >= 0.3 is 0 Å². The van der Waals surface area contributed by atoms with E-state index in [2.05, 4.69) is 10.6 Å². The standard InChI is InChI=1S/C20H25N3O4/c1-12-5-6-13(2)16(9-12)23-20(25)14(3)22-15-7-8-17(26-4)18(10-15)27-11-19(21)24/h5-10,14,22H,11H2,1-4H3,(H2,21,24)(H,23,25). The molecule has 7 heteroatoms. The number of carbonyl (C=O) groups excluding carboxylic acids is 2. The van der Waals surface area contributed by atoms with Crippen LogP contribution in [0, 0.1) is 13.8 Å². The largest absolute Gasteiger partial charge is 0.493 e. The summed E-state index contributed by atoms with van der Waals surface area (Å²) < 4.78 is 10.6. The zero-order valence-electron chi connectivity index (χ0n) is 16.0. The Morgan fingerprint density at radius 3 is 2.52 bits per heavy atom. The predicted octanol–water partition coefficient (Wildman–Crippen LogP) is 2.62. The van der Waals surface area contributed by atoms with Crippen LogP contribution in [0.15, 0.2) is 36.4 Å². The zero-order valence-corrected chi connectivity index (χ0v) is 16.0. The number of methoxy groups -OCH3 is 1. The van der Waals surface area contributed by atoms with Gasteiger partial charge in [-0.05, 0) is 50.1 Å². The maximum Gasteiger partial charge on any atom is 0.255 e. The van der Waals surface area contributed by atoms with Gasteiger partial charge in [0.2, 0.25) is 5.91 Å². The van der Waals surface area contributed by atoms with E-state index in [-0.39, 0.29) is 12.5 Å². The van der Waals surface area contributed by atoms with Gasteiger partial charge in [0.1, 0.15) is 6.04 Å². The van der Waals surface area contributed by atoms with Gasteiger partial charge < -0.3 is 25.8 Å². The summed E-state index contributed by atoms with van der Waals surface area (Å²) in [6.07, 6.45) is 0. The van der Waals surface area contributed by atoms with Crippen LogP contribution in [0.4, 0.5) is 11.4 Å². The average Bonchev–Trinajstić information content (AvgIpc) is 2.63. The van der Waals surface area contributed by atoms with Crippen molar-refractivity contribution in [3.05, 3.63) is 47.5 Å². The molecule has 0 aromatic heterocycles. The molecule has 2 rings (SSSR count). The third kappa shape index (κ3) is 5.64. The van der Waals surface area contributed by atoms with Crippen LogP contribution < -0.4 is 25.8 Å². The third-order valence-electron chi connectivity index (χ3n) is 3.96. The molecule has 1 atom stereocenters. The van der Waals surface area contributed by atoms with Crippen LogP contribution in [0.25, 0.3) is 0 Å². The van der Waals surface area contributed by atoms with Crippen LogP contribution in [0.5, 0.6) is 11.5 Å². The molecular weight excluding hydrogens is 346 g/mol. The van der Waals surface area contributed by atoms with E-state index in [9.17, 15) is 9.59 Å². The molecule has 2 aromatic carbocycles. The highest BCUT2D eigenvalue weighted by Crippen LogP contribution is 2.30. The summed E-state index contributed by atoms with van der Waals surface area (Å²) >= 11 is 0. The number of hydrogen-bond acceptors (Lipinski definition) is 5. The summed E-state index contributed by atoms with van der Waals surface area (Å²) in [5, 5.41) is 6.04. The number of primary amides is 1. The second-order valence-corrected chi connectivity index (χ2v) is 6.29. The lowest BCUT2D eigenvalue weighted by molar-refractivity contribution is -0.120. The van der Waals surface area contributed by atoms with Crippen molar-refractivity contribution in [1.29, 1.82) is 0 Å². The molecule has 1 unspecified atom stereocenters. The van der Waals surface area contributed by atoms with Crippen LogP contribution in [0.2, 0.25) is 0 Å². The van der Waals surface area contributed by atoms with Gasteiger partial charge in [-0.1, -0.05) is 12.1 Å². The smallest absolute Gasteiger partial charge is 0.255 e. The van der Waals surface area contributed by atoms with Gasteiger partial charge in [0, 0.05) is 17.4 Å². The van der Waals surface area contributed by atoms with Crippen LogP contribution >= 0.6 is 0 Å². The Balaban J connectivity index is 2.08. The van der Waals surface area contributed by atoms with Gasteiger partial charge in [-0.25, -0.2) is 0 Å². The number of aryl methyl sites for hydroxylation is 2. The predicted molar refractivity (Wildman–Crippen MR) is 105 cm³/mol. The Bertz CT molecular complexity index is 836. The Morgan fingerprint density at radius 2 is 1.85 bits per heavy atom. The highest BCUT2D eigenvalue weighted by molar-refractivity contribution is 5.97. The Kier molecular flexibility index (Phi) is 6.65. The lowest BCUT2D eigenvalue weighted by Crippen LogP contribution is -2.32. The molecule has 0 saturated carbocycles. The highest BCUT2D eigenvalue weighted by atomic mass is 16.5. The van der Waals surface area contributed by atoms with Crippen LogP contribution in [0.1, 0.15) is 18.1 Å². The number of carbonyl (C=O) groups is 2. The monoisotopic (exact) mass is 371 g/mol. The highest BCUT2D eigenvalue weighted by Gasteiger charge is 2.15. The van der Waals surface area contributed by atoms with E-state index in [0.717, 1.165) is 16.8 Å². The molecule has 27 heavy (non-hydrogen) atoms. The zero-order chi connectivity index (χ0) is 20.0. The van der Waals surface area contributed by atoms with E-state index in [4.69, 9.17) is 15.2 Å². The third-order valence-corrected chi connectivity index (χ3v) is 3.96.